The summed E-state index contributed by atoms with van der Waals surface area (Å²) in [4.78, 5) is 17.7. The molecule has 4 nitrogen and oxygen atoms in total. The van der Waals surface area contributed by atoms with Gasteiger partial charge in [0.05, 0.1) is 0 Å². The van der Waals surface area contributed by atoms with Crippen molar-refractivity contribution in [1.82, 2.24) is 9.97 Å². The Labute approximate surface area is 63.8 Å². The van der Waals surface area contributed by atoms with Crippen LogP contribution in [0.5, 0.6) is 0 Å². The number of hydrogen-bond acceptors (Lipinski definition) is 2. The first kappa shape index (κ1) is 6.39. The van der Waals surface area contributed by atoms with Gasteiger partial charge in [-0.1, -0.05) is 0 Å². The van der Waals surface area contributed by atoms with E-state index >= 15 is 0 Å². The molecule has 1 saturated carbocycles. The second-order valence-electron chi connectivity index (χ2n) is 2.83. The van der Waals surface area contributed by atoms with Crippen LogP contribution >= 0.6 is 0 Å². The van der Waals surface area contributed by atoms with E-state index in [1.54, 1.807) is 12.4 Å². The van der Waals surface area contributed by atoms with E-state index in [1.165, 1.54) is 0 Å². The van der Waals surface area contributed by atoms with Gasteiger partial charge in [0.2, 0.25) is 5.91 Å². The van der Waals surface area contributed by atoms with Crippen LogP contribution < -0.4 is 5.73 Å². The summed E-state index contributed by atoms with van der Waals surface area (Å²) in [6.45, 7) is 0. The van der Waals surface area contributed by atoms with E-state index in [9.17, 15) is 4.79 Å². The highest BCUT2D eigenvalue weighted by Gasteiger charge is 2.44. The Kier molecular flexibility index (Phi) is 1.21. The van der Waals surface area contributed by atoms with Crippen molar-refractivity contribution < 1.29 is 4.79 Å². The monoisotopic (exact) mass is 151 g/mol. The zero-order valence-electron chi connectivity index (χ0n) is 5.95. The van der Waals surface area contributed by atoms with E-state index in [2.05, 4.69) is 9.97 Å². The molecule has 1 aliphatic rings. The number of aromatic nitrogens is 2. The fraction of sp³-hybridized carbons (Fsp3) is 0.429. The van der Waals surface area contributed by atoms with Crippen LogP contribution in [0.25, 0.3) is 0 Å². The number of nitrogens with zero attached hydrogens (tertiary/aromatic N) is 1. The Morgan fingerprint density at radius 1 is 1.82 bits per heavy atom. The third-order valence-corrected chi connectivity index (χ3v) is 2.03. The molecule has 0 aliphatic heterocycles. The highest BCUT2D eigenvalue weighted by Crippen LogP contribution is 2.45. The third-order valence-electron chi connectivity index (χ3n) is 2.03. The molecule has 1 heterocycles. The largest absolute Gasteiger partial charge is 0.369 e. The highest BCUT2D eigenvalue weighted by atomic mass is 16.1. The molecule has 11 heavy (non-hydrogen) atoms. The Balaban J connectivity index is 2.08. The predicted octanol–water partition coefficient (Wildman–Crippen LogP) is -0.00150. The highest BCUT2D eigenvalue weighted by molar-refractivity contribution is 5.80. The predicted molar refractivity (Wildman–Crippen MR) is 38.6 cm³/mol. The molecule has 0 radical (unpaired) electrons. The van der Waals surface area contributed by atoms with Gasteiger partial charge in [-0.05, 0) is 6.42 Å². The average Bonchev–Trinajstić information content (AvgIpc) is 2.60. The minimum Gasteiger partial charge on any atom is -0.369 e. The maximum Gasteiger partial charge on any atom is 0.221 e. The number of amides is 1. The van der Waals surface area contributed by atoms with Crippen LogP contribution in [-0.2, 0) is 4.79 Å². The van der Waals surface area contributed by atoms with Crippen LogP contribution in [0.1, 0.15) is 18.2 Å². The molecule has 4 heteroatoms. The Morgan fingerprint density at radius 3 is 3.09 bits per heavy atom. The molecule has 1 aromatic heterocycles. The summed E-state index contributed by atoms with van der Waals surface area (Å²) in [5.41, 5.74) is 5.11. The summed E-state index contributed by atoms with van der Waals surface area (Å²) in [6.07, 6.45) is 4.29. The zero-order chi connectivity index (χ0) is 7.84. The lowest BCUT2D eigenvalue weighted by Crippen LogP contribution is -2.13. The molecule has 1 fully saturated rings. The van der Waals surface area contributed by atoms with Crippen LogP contribution in [0, 0.1) is 5.92 Å². The molecule has 0 bridgehead atoms. The second-order valence-corrected chi connectivity index (χ2v) is 2.83. The lowest BCUT2D eigenvalue weighted by molar-refractivity contribution is -0.119. The number of primary amides is 1. The van der Waals surface area contributed by atoms with Crippen LogP contribution in [0.4, 0.5) is 0 Å². The van der Waals surface area contributed by atoms with Crippen LogP contribution in [0.15, 0.2) is 12.4 Å². The third kappa shape index (κ3) is 1.00. The molecule has 0 aromatic carbocycles. The summed E-state index contributed by atoms with van der Waals surface area (Å²) in [5, 5.41) is 0. The van der Waals surface area contributed by atoms with Gasteiger partial charge in [-0.15, -0.1) is 0 Å². The van der Waals surface area contributed by atoms with Gasteiger partial charge < -0.3 is 10.7 Å². The molecule has 0 saturated heterocycles. The van der Waals surface area contributed by atoms with Gasteiger partial charge in [-0.25, -0.2) is 4.98 Å². The summed E-state index contributed by atoms with van der Waals surface area (Å²) in [5.74, 6) is 0.934. The van der Waals surface area contributed by atoms with Gasteiger partial charge >= 0.3 is 0 Å². The quantitative estimate of drug-likeness (QED) is 0.624. The topological polar surface area (TPSA) is 71.8 Å². The molecule has 58 valence electrons. The number of carbonyl (C=O) groups excluding carboxylic acids is 1. The summed E-state index contributed by atoms with van der Waals surface area (Å²) in [6, 6.07) is 0. The van der Waals surface area contributed by atoms with Gasteiger partial charge in [-0.2, -0.15) is 0 Å². The molecular weight excluding hydrogens is 142 g/mol. The number of hydrogen-bond donors (Lipinski definition) is 2. The van der Waals surface area contributed by atoms with Crippen molar-refractivity contribution in [3.8, 4) is 0 Å². The Hall–Kier alpha value is -1.32. The van der Waals surface area contributed by atoms with Gasteiger partial charge in [0.15, 0.2) is 0 Å². The SMILES string of the molecule is NC(=O)C1CC1c1ncc[nH]1. The molecule has 2 rings (SSSR count). The van der Waals surface area contributed by atoms with Crippen molar-refractivity contribution in [2.45, 2.75) is 12.3 Å². The number of nitrogens with one attached hydrogen (secondary N) is 1. The van der Waals surface area contributed by atoms with Gasteiger partial charge in [0.25, 0.3) is 0 Å². The fourth-order valence-corrected chi connectivity index (χ4v) is 1.29. The van der Waals surface area contributed by atoms with E-state index in [4.69, 9.17) is 5.73 Å². The van der Waals surface area contributed by atoms with Gasteiger partial charge in [0.1, 0.15) is 5.82 Å². The molecule has 0 spiro atoms. The van der Waals surface area contributed by atoms with Crippen molar-refractivity contribution in [2.24, 2.45) is 11.7 Å². The van der Waals surface area contributed by atoms with Crippen molar-refractivity contribution in [2.75, 3.05) is 0 Å². The van der Waals surface area contributed by atoms with E-state index in [-0.39, 0.29) is 17.7 Å². The van der Waals surface area contributed by atoms with Gasteiger partial charge in [0, 0.05) is 24.2 Å². The maximum atomic E-state index is 10.6. The first-order valence-electron chi connectivity index (χ1n) is 3.57. The van der Waals surface area contributed by atoms with Crippen LogP contribution in [0.2, 0.25) is 0 Å². The summed E-state index contributed by atoms with van der Waals surface area (Å²) < 4.78 is 0. The fourth-order valence-electron chi connectivity index (χ4n) is 1.29. The summed E-state index contributed by atoms with van der Waals surface area (Å²) in [7, 11) is 0. The first-order valence-corrected chi connectivity index (χ1v) is 3.57. The number of imidazole rings is 1. The molecule has 2 atom stereocenters. The van der Waals surface area contributed by atoms with Crippen LogP contribution in [0.3, 0.4) is 0 Å². The standard InChI is InChI=1S/C7H9N3O/c8-6(11)4-3-5(4)7-9-1-2-10-7/h1-2,4-5H,3H2,(H2,8,11)(H,9,10). The molecule has 2 unspecified atom stereocenters. The Bertz CT molecular complexity index is 267. The van der Waals surface area contributed by atoms with E-state index < -0.39 is 0 Å². The summed E-state index contributed by atoms with van der Waals surface area (Å²) >= 11 is 0. The van der Waals surface area contributed by atoms with Crippen molar-refractivity contribution in [3.63, 3.8) is 0 Å². The number of nitrogens with two attached hydrogens (primary N) is 1. The average molecular weight is 151 g/mol. The molecule has 3 N–H and O–H groups in total. The molecule has 1 aliphatic carbocycles. The lowest BCUT2D eigenvalue weighted by Gasteiger charge is -1.89. The maximum absolute atomic E-state index is 10.6. The molecule has 1 amide bonds. The smallest absolute Gasteiger partial charge is 0.221 e. The van der Waals surface area contributed by atoms with E-state index in [0.717, 1.165) is 12.2 Å². The van der Waals surface area contributed by atoms with Crippen molar-refractivity contribution in [3.05, 3.63) is 18.2 Å². The number of rotatable bonds is 2. The van der Waals surface area contributed by atoms with Crippen LogP contribution in [-0.4, -0.2) is 15.9 Å². The Morgan fingerprint density at radius 2 is 2.64 bits per heavy atom. The number of aromatic amines is 1. The number of carbonyl (C=O) groups is 1. The normalized spacial score (nSPS) is 28.4. The minimum absolute atomic E-state index is 0.0150. The molecule has 1 aromatic rings. The zero-order valence-corrected chi connectivity index (χ0v) is 5.95. The second kappa shape index (κ2) is 2.08. The minimum atomic E-state index is -0.216. The van der Waals surface area contributed by atoms with E-state index in [1.807, 2.05) is 0 Å². The van der Waals surface area contributed by atoms with E-state index in [0.29, 0.717) is 0 Å². The van der Waals surface area contributed by atoms with Crippen molar-refractivity contribution >= 4 is 5.91 Å². The molecular formula is C7H9N3O. The first-order chi connectivity index (χ1) is 5.29. The lowest BCUT2D eigenvalue weighted by atomic mass is 10.3. The van der Waals surface area contributed by atoms with Gasteiger partial charge in [-0.3, -0.25) is 4.79 Å². The number of H-pyrrole nitrogens is 1. The van der Waals surface area contributed by atoms with Crippen molar-refractivity contribution in [1.29, 1.82) is 0 Å².